The molecule has 19 heavy (non-hydrogen) atoms. The molecule has 4 heteroatoms. The Kier molecular flexibility index (Phi) is 5.12. The van der Waals surface area contributed by atoms with Crippen LogP contribution in [0.15, 0.2) is 30.3 Å². The minimum absolute atomic E-state index is 0.762. The van der Waals surface area contributed by atoms with E-state index in [4.69, 9.17) is 9.47 Å². The van der Waals surface area contributed by atoms with E-state index in [0.717, 1.165) is 48.5 Å². The molecule has 1 aromatic heterocycles. The lowest BCUT2D eigenvalue weighted by Gasteiger charge is -2.08. The highest BCUT2D eigenvalue weighted by Crippen LogP contribution is 2.23. The first-order valence-electron chi connectivity index (χ1n) is 6.47. The topological polar surface area (TPSA) is 43.4 Å². The molecule has 0 unspecified atom stereocenters. The van der Waals surface area contributed by atoms with Crippen LogP contribution in [0.3, 0.4) is 0 Å². The molecule has 1 N–H and O–H groups in total. The van der Waals surface area contributed by atoms with Gasteiger partial charge >= 0.3 is 0 Å². The van der Waals surface area contributed by atoms with E-state index >= 15 is 0 Å². The molecule has 0 amide bonds. The molecule has 0 atom stereocenters. The van der Waals surface area contributed by atoms with Gasteiger partial charge in [0.2, 0.25) is 0 Å². The van der Waals surface area contributed by atoms with Crippen LogP contribution in [-0.4, -0.2) is 32.4 Å². The second kappa shape index (κ2) is 7.07. The third kappa shape index (κ3) is 3.66. The molecule has 0 radical (unpaired) electrons. The van der Waals surface area contributed by atoms with E-state index in [1.165, 1.54) is 0 Å². The first-order chi connectivity index (χ1) is 9.35. The summed E-state index contributed by atoms with van der Waals surface area (Å²) in [7, 11) is 3.39. The first kappa shape index (κ1) is 13.8. The Hall–Kier alpha value is -1.65. The molecule has 0 saturated heterocycles. The quantitative estimate of drug-likeness (QED) is 0.776. The molecule has 2 aromatic rings. The van der Waals surface area contributed by atoms with Gasteiger partial charge in [-0.1, -0.05) is 18.2 Å². The fourth-order valence-electron chi connectivity index (χ4n) is 1.98. The molecule has 0 bridgehead atoms. The van der Waals surface area contributed by atoms with Crippen molar-refractivity contribution in [3.63, 3.8) is 0 Å². The van der Waals surface area contributed by atoms with Crippen LogP contribution >= 0.6 is 0 Å². The van der Waals surface area contributed by atoms with Gasteiger partial charge in [0, 0.05) is 25.6 Å². The van der Waals surface area contributed by atoms with Crippen LogP contribution in [0.5, 0.6) is 5.75 Å². The van der Waals surface area contributed by atoms with E-state index < -0.39 is 0 Å². The number of benzene rings is 1. The first-order valence-corrected chi connectivity index (χ1v) is 6.47. The standard InChI is InChI=1S/C15H20N2O2/c1-18-10-4-9-16-11-13-8-7-12-5-3-6-14(19-2)15(12)17-13/h3,5-8,16H,4,9-11H2,1-2H3. The third-order valence-corrected chi connectivity index (χ3v) is 2.97. The molecular weight excluding hydrogens is 240 g/mol. The summed E-state index contributed by atoms with van der Waals surface area (Å²) in [6.07, 6.45) is 1.01. The number of nitrogens with zero attached hydrogens (tertiary/aromatic N) is 1. The number of hydrogen-bond donors (Lipinski definition) is 1. The molecule has 4 nitrogen and oxygen atoms in total. The number of fused-ring (bicyclic) bond motifs is 1. The highest BCUT2D eigenvalue weighted by Gasteiger charge is 2.03. The molecule has 0 aliphatic carbocycles. The van der Waals surface area contributed by atoms with Crippen molar-refractivity contribution in [3.8, 4) is 5.75 Å². The molecule has 2 rings (SSSR count). The number of hydrogen-bond acceptors (Lipinski definition) is 4. The number of methoxy groups -OCH3 is 2. The average Bonchev–Trinajstić information content (AvgIpc) is 2.46. The number of pyridine rings is 1. The lowest BCUT2D eigenvalue weighted by atomic mass is 10.2. The number of nitrogens with one attached hydrogen (secondary N) is 1. The maximum atomic E-state index is 5.34. The monoisotopic (exact) mass is 260 g/mol. The molecule has 0 saturated carbocycles. The van der Waals surface area contributed by atoms with Gasteiger partial charge in [0.05, 0.1) is 12.8 Å². The molecule has 1 heterocycles. The van der Waals surface area contributed by atoms with E-state index in [9.17, 15) is 0 Å². The van der Waals surface area contributed by atoms with Crippen LogP contribution < -0.4 is 10.1 Å². The van der Waals surface area contributed by atoms with Gasteiger partial charge in [-0.05, 0) is 25.1 Å². The van der Waals surface area contributed by atoms with Crippen LogP contribution in [0.1, 0.15) is 12.1 Å². The third-order valence-electron chi connectivity index (χ3n) is 2.97. The van der Waals surface area contributed by atoms with Crippen molar-refractivity contribution in [2.24, 2.45) is 0 Å². The summed E-state index contributed by atoms with van der Waals surface area (Å²) in [5, 5.41) is 4.45. The summed E-state index contributed by atoms with van der Waals surface area (Å²) >= 11 is 0. The van der Waals surface area contributed by atoms with Crippen molar-refractivity contribution in [2.75, 3.05) is 27.4 Å². The molecule has 0 aliphatic rings. The van der Waals surface area contributed by atoms with E-state index in [1.807, 2.05) is 24.3 Å². The van der Waals surface area contributed by atoms with Gasteiger partial charge in [0.15, 0.2) is 0 Å². The number of rotatable bonds is 7. The summed E-state index contributed by atoms with van der Waals surface area (Å²) in [4.78, 5) is 4.65. The van der Waals surface area contributed by atoms with Crippen molar-refractivity contribution < 1.29 is 9.47 Å². The van der Waals surface area contributed by atoms with Crippen molar-refractivity contribution in [2.45, 2.75) is 13.0 Å². The van der Waals surface area contributed by atoms with Crippen molar-refractivity contribution >= 4 is 10.9 Å². The van der Waals surface area contributed by atoms with Crippen LogP contribution in [0.4, 0.5) is 0 Å². The van der Waals surface area contributed by atoms with Gasteiger partial charge in [-0.2, -0.15) is 0 Å². The molecule has 1 aromatic carbocycles. The number of aromatic nitrogens is 1. The summed E-state index contributed by atoms with van der Waals surface area (Å²) in [5.74, 6) is 0.818. The summed E-state index contributed by atoms with van der Waals surface area (Å²) < 4.78 is 10.4. The normalized spacial score (nSPS) is 10.8. The molecule has 0 aliphatic heterocycles. The number of ether oxygens (including phenoxy) is 2. The second-order valence-corrected chi connectivity index (χ2v) is 4.36. The SMILES string of the molecule is COCCCNCc1ccc2cccc(OC)c2n1. The van der Waals surface area contributed by atoms with E-state index in [2.05, 4.69) is 16.4 Å². The van der Waals surface area contributed by atoms with Gasteiger partial charge in [-0.3, -0.25) is 0 Å². The Morgan fingerprint density at radius 3 is 2.84 bits per heavy atom. The largest absolute Gasteiger partial charge is 0.494 e. The summed E-state index contributed by atoms with van der Waals surface area (Å²) in [6.45, 7) is 2.48. The van der Waals surface area contributed by atoms with Gasteiger partial charge in [0.1, 0.15) is 11.3 Å². The maximum Gasteiger partial charge on any atom is 0.145 e. The van der Waals surface area contributed by atoms with Crippen LogP contribution in [0, 0.1) is 0 Å². The average molecular weight is 260 g/mol. The fraction of sp³-hybridized carbons (Fsp3) is 0.400. The summed E-state index contributed by atoms with van der Waals surface area (Å²) in [6, 6.07) is 10.1. The predicted molar refractivity (Wildman–Crippen MR) is 76.5 cm³/mol. The lowest BCUT2D eigenvalue weighted by molar-refractivity contribution is 0.194. The summed E-state index contributed by atoms with van der Waals surface area (Å²) in [5.41, 5.74) is 1.94. The zero-order chi connectivity index (χ0) is 13.5. The Labute approximate surface area is 113 Å². The van der Waals surface area contributed by atoms with E-state index in [-0.39, 0.29) is 0 Å². The van der Waals surface area contributed by atoms with Gasteiger partial charge in [-0.25, -0.2) is 4.98 Å². The number of para-hydroxylation sites is 1. The second-order valence-electron chi connectivity index (χ2n) is 4.36. The van der Waals surface area contributed by atoms with Crippen molar-refractivity contribution in [1.82, 2.24) is 10.3 Å². The highest BCUT2D eigenvalue weighted by atomic mass is 16.5. The minimum atomic E-state index is 0.762. The molecule has 0 fully saturated rings. The Balaban J connectivity index is 2.04. The highest BCUT2D eigenvalue weighted by molar-refractivity contribution is 5.84. The molecular formula is C15H20N2O2. The molecule has 0 spiro atoms. The minimum Gasteiger partial charge on any atom is -0.494 e. The Morgan fingerprint density at radius 2 is 2.05 bits per heavy atom. The fourth-order valence-corrected chi connectivity index (χ4v) is 1.98. The van der Waals surface area contributed by atoms with E-state index in [1.54, 1.807) is 14.2 Å². The Morgan fingerprint density at radius 1 is 1.16 bits per heavy atom. The lowest BCUT2D eigenvalue weighted by Crippen LogP contribution is -2.16. The van der Waals surface area contributed by atoms with Gasteiger partial charge in [0.25, 0.3) is 0 Å². The van der Waals surface area contributed by atoms with E-state index in [0.29, 0.717) is 0 Å². The van der Waals surface area contributed by atoms with Crippen LogP contribution in [0.25, 0.3) is 10.9 Å². The zero-order valence-corrected chi connectivity index (χ0v) is 11.5. The van der Waals surface area contributed by atoms with Crippen LogP contribution in [-0.2, 0) is 11.3 Å². The van der Waals surface area contributed by atoms with Crippen LogP contribution in [0.2, 0.25) is 0 Å². The van der Waals surface area contributed by atoms with Crippen molar-refractivity contribution in [1.29, 1.82) is 0 Å². The zero-order valence-electron chi connectivity index (χ0n) is 11.5. The molecule has 102 valence electrons. The predicted octanol–water partition coefficient (Wildman–Crippen LogP) is 2.37. The Bertz CT molecular complexity index is 529. The van der Waals surface area contributed by atoms with Gasteiger partial charge in [-0.15, -0.1) is 0 Å². The smallest absolute Gasteiger partial charge is 0.145 e. The van der Waals surface area contributed by atoms with Crippen molar-refractivity contribution in [3.05, 3.63) is 36.0 Å². The van der Waals surface area contributed by atoms with Gasteiger partial charge < -0.3 is 14.8 Å². The maximum absolute atomic E-state index is 5.34.